The zero-order valence-electron chi connectivity index (χ0n) is 9.31. The van der Waals surface area contributed by atoms with E-state index in [-0.39, 0.29) is 6.04 Å². The van der Waals surface area contributed by atoms with Gasteiger partial charge in [-0.15, -0.1) is 0 Å². The molecule has 3 N–H and O–H groups in total. The molecule has 2 aromatic rings. The molecule has 1 atom stereocenters. The summed E-state index contributed by atoms with van der Waals surface area (Å²) in [6.07, 6.45) is 2.57. The smallest absolute Gasteiger partial charge is 0.0515 e. The number of nitrogens with one attached hydrogen (secondary N) is 1. The molecule has 0 bridgehead atoms. The molecule has 2 rings (SSSR count). The third kappa shape index (κ3) is 3.36. The SMILES string of the molecule is NNC(Cc1ccccn1)c1cccc(Br)c1. The summed E-state index contributed by atoms with van der Waals surface area (Å²) < 4.78 is 1.05. The molecule has 0 fully saturated rings. The van der Waals surface area contributed by atoms with Crippen molar-refractivity contribution in [3.05, 3.63) is 64.4 Å². The highest BCUT2D eigenvalue weighted by Crippen LogP contribution is 2.20. The van der Waals surface area contributed by atoms with E-state index in [1.165, 1.54) is 0 Å². The van der Waals surface area contributed by atoms with Crippen LogP contribution in [-0.4, -0.2) is 4.98 Å². The maximum atomic E-state index is 5.61. The van der Waals surface area contributed by atoms with Crippen LogP contribution in [0.15, 0.2) is 53.1 Å². The molecule has 17 heavy (non-hydrogen) atoms. The number of nitrogens with two attached hydrogens (primary N) is 1. The van der Waals surface area contributed by atoms with E-state index >= 15 is 0 Å². The Kier molecular flexibility index (Phi) is 4.25. The molecule has 0 aliphatic carbocycles. The van der Waals surface area contributed by atoms with E-state index in [4.69, 9.17) is 5.84 Å². The van der Waals surface area contributed by atoms with Gasteiger partial charge in [0.15, 0.2) is 0 Å². The van der Waals surface area contributed by atoms with Crippen LogP contribution in [0.3, 0.4) is 0 Å². The van der Waals surface area contributed by atoms with Gasteiger partial charge in [-0.25, -0.2) is 0 Å². The Labute approximate surface area is 109 Å². The van der Waals surface area contributed by atoms with Gasteiger partial charge in [-0.2, -0.15) is 0 Å². The molecule has 4 heteroatoms. The largest absolute Gasteiger partial charge is 0.271 e. The van der Waals surface area contributed by atoms with Crippen molar-refractivity contribution in [3.63, 3.8) is 0 Å². The molecule has 0 spiro atoms. The molecule has 0 radical (unpaired) electrons. The second-order valence-corrected chi connectivity index (χ2v) is 4.72. The lowest BCUT2D eigenvalue weighted by Crippen LogP contribution is -2.29. The fourth-order valence-electron chi connectivity index (χ4n) is 1.72. The van der Waals surface area contributed by atoms with Crippen molar-refractivity contribution < 1.29 is 0 Å². The summed E-state index contributed by atoms with van der Waals surface area (Å²) in [5.74, 6) is 5.61. The second-order valence-electron chi connectivity index (χ2n) is 3.80. The third-order valence-corrected chi connectivity index (χ3v) is 3.08. The number of hydrazine groups is 1. The Bertz CT molecular complexity index is 473. The molecule has 1 heterocycles. The van der Waals surface area contributed by atoms with E-state index in [1.807, 2.05) is 30.3 Å². The van der Waals surface area contributed by atoms with Gasteiger partial charge in [0, 0.05) is 22.8 Å². The molecule has 1 unspecified atom stereocenters. The van der Waals surface area contributed by atoms with Crippen LogP contribution in [0, 0.1) is 0 Å². The zero-order chi connectivity index (χ0) is 12.1. The Morgan fingerprint density at radius 3 is 2.76 bits per heavy atom. The minimum absolute atomic E-state index is 0.0717. The molecule has 0 aliphatic heterocycles. The summed E-state index contributed by atoms with van der Waals surface area (Å²) in [6.45, 7) is 0. The Balaban J connectivity index is 2.17. The lowest BCUT2D eigenvalue weighted by Gasteiger charge is -2.16. The summed E-state index contributed by atoms with van der Waals surface area (Å²) in [6, 6.07) is 14.1. The highest BCUT2D eigenvalue weighted by atomic mass is 79.9. The molecular formula is C13H14BrN3. The molecule has 0 amide bonds. The predicted octanol–water partition coefficient (Wildman–Crippen LogP) is 2.59. The van der Waals surface area contributed by atoms with Gasteiger partial charge >= 0.3 is 0 Å². The number of pyridine rings is 1. The van der Waals surface area contributed by atoms with Gasteiger partial charge in [-0.3, -0.25) is 16.3 Å². The minimum Gasteiger partial charge on any atom is -0.271 e. The number of rotatable bonds is 4. The average molecular weight is 292 g/mol. The van der Waals surface area contributed by atoms with Gasteiger partial charge in [0.05, 0.1) is 6.04 Å². The minimum atomic E-state index is 0.0717. The first-order valence-corrected chi connectivity index (χ1v) is 6.20. The van der Waals surface area contributed by atoms with E-state index in [1.54, 1.807) is 6.20 Å². The highest BCUT2D eigenvalue weighted by molar-refractivity contribution is 9.10. The lowest BCUT2D eigenvalue weighted by molar-refractivity contribution is 0.546. The summed E-state index contributed by atoms with van der Waals surface area (Å²) in [5.41, 5.74) is 5.00. The summed E-state index contributed by atoms with van der Waals surface area (Å²) in [5, 5.41) is 0. The molecule has 1 aromatic heterocycles. The molecule has 0 saturated heterocycles. The van der Waals surface area contributed by atoms with Crippen molar-refractivity contribution in [2.75, 3.05) is 0 Å². The van der Waals surface area contributed by atoms with Gasteiger partial charge in [0.2, 0.25) is 0 Å². The molecular weight excluding hydrogens is 278 g/mol. The molecule has 0 aliphatic rings. The normalized spacial score (nSPS) is 12.4. The molecule has 3 nitrogen and oxygen atoms in total. The van der Waals surface area contributed by atoms with Gasteiger partial charge in [-0.05, 0) is 29.8 Å². The monoisotopic (exact) mass is 291 g/mol. The maximum absolute atomic E-state index is 5.61. The van der Waals surface area contributed by atoms with Crippen molar-refractivity contribution in [1.82, 2.24) is 10.4 Å². The van der Waals surface area contributed by atoms with Crippen LogP contribution in [0.4, 0.5) is 0 Å². The van der Waals surface area contributed by atoms with Gasteiger partial charge in [0.25, 0.3) is 0 Å². The van der Waals surface area contributed by atoms with Crippen LogP contribution in [-0.2, 0) is 6.42 Å². The number of nitrogens with zero attached hydrogens (tertiary/aromatic N) is 1. The van der Waals surface area contributed by atoms with Crippen molar-refractivity contribution in [2.45, 2.75) is 12.5 Å². The summed E-state index contributed by atoms with van der Waals surface area (Å²) in [7, 11) is 0. The Hall–Kier alpha value is -1.23. The zero-order valence-corrected chi connectivity index (χ0v) is 10.9. The third-order valence-electron chi connectivity index (χ3n) is 2.59. The van der Waals surface area contributed by atoms with Gasteiger partial charge < -0.3 is 0 Å². The van der Waals surface area contributed by atoms with Crippen LogP contribution >= 0.6 is 15.9 Å². The number of aromatic nitrogens is 1. The fourth-order valence-corrected chi connectivity index (χ4v) is 2.14. The second kappa shape index (κ2) is 5.91. The first-order chi connectivity index (χ1) is 8.29. The topological polar surface area (TPSA) is 50.9 Å². The van der Waals surface area contributed by atoms with Crippen molar-refractivity contribution in [1.29, 1.82) is 0 Å². The van der Waals surface area contributed by atoms with Gasteiger partial charge in [0.1, 0.15) is 0 Å². The van der Waals surface area contributed by atoms with E-state index in [0.717, 1.165) is 22.2 Å². The van der Waals surface area contributed by atoms with Crippen LogP contribution < -0.4 is 11.3 Å². The Morgan fingerprint density at radius 1 is 1.24 bits per heavy atom. The summed E-state index contributed by atoms with van der Waals surface area (Å²) >= 11 is 3.46. The molecule has 1 aromatic carbocycles. The number of halogens is 1. The first kappa shape index (κ1) is 12.2. The van der Waals surface area contributed by atoms with E-state index in [2.05, 4.69) is 38.5 Å². The Morgan fingerprint density at radius 2 is 2.12 bits per heavy atom. The van der Waals surface area contributed by atoms with Crippen molar-refractivity contribution in [2.24, 2.45) is 5.84 Å². The van der Waals surface area contributed by atoms with E-state index < -0.39 is 0 Å². The van der Waals surface area contributed by atoms with Crippen molar-refractivity contribution in [3.8, 4) is 0 Å². The predicted molar refractivity (Wildman–Crippen MR) is 72.1 cm³/mol. The van der Waals surface area contributed by atoms with Crippen LogP contribution in [0.1, 0.15) is 17.3 Å². The number of hydrogen-bond donors (Lipinski definition) is 2. The quantitative estimate of drug-likeness (QED) is 0.672. The molecule has 0 saturated carbocycles. The van der Waals surface area contributed by atoms with Crippen LogP contribution in [0.2, 0.25) is 0 Å². The molecule has 88 valence electrons. The lowest BCUT2D eigenvalue weighted by atomic mass is 10.0. The highest BCUT2D eigenvalue weighted by Gasteiger charge is 2.11. The summed E-state index contributed by atoms with van der Waals surface area (Å²) in [4.78, 5) is 4.31. The van der Waals surface area contributed by atoms with Crippen LogP contribution in [0.5, 0.6) is 0 Å². The number of benzene rings is 1. The first-order valence-electron chi connectivity index (χ1n) is 5.41. The average Bonchev–Trinajstić information content (AvgIpc) is 2.37. The number of hydrogen-bond acceptors (Lipinski definition) is 3. The van der Waals surface area contributed by atoms with E-state index in [0.29, 0.717) is 0 Å². The fraction of sp³-hybridized carbons (Fsp3) is 0.154. The van der Waals surface area contributed by atoms with Crippen molar-refractivity contribution >= 4 is 15.9 Å². The standard InChI is InChI=1S/C13H14BrN3/c14-11-5-3-4-10(8-11)13(17-15)9-12-6-1-2-7-16-12/h1-8,13,17H,9,15H2. The van der Waals surface area contributed by atoms with Crippen LogP contribution in [0.25, 0.3) is 0 Å². The van der Waals surface area contributed by atoms with Gasteiger partial charge in [-0.1, -0.05) is 34.1 Å². The maximum Gasteiger partial charge on any atom is 0.0515 e. The van der Waals surface area contributed by atoms with E-state index in [9.17, 15) is 0 Å².